The van der Waals surface area contributed by atoms with E-state index in [1.807, 2.05) is 53.4 Å². The second-order valence-corrected chi connectivity index (χ2v) is 8.82. The number of nitrogens with zero attached hydrogens (tertiary/aromatic N) is 2. The highest BCUT2D eigenvalue weighted by molar-refractivity contribution is 5.78. The number of nitrogens with one attached hydrogen (secondary N) is 2. The first-order valence-corrected chi connectivity index (χ1v) is 12.0. The van der Waals surface area contributed by atoms with Gasteiger partial charge in [0.2, 0.25) is 11.7 Å². The van der Waals surface area contributed by atoms with Crippen molar-refractivity contribution >= 4 is 5.91 Å². The third-order valence-corrected chi connectivity index (χ3v) is 6.19. The number of carbonyl (C=O) groups is 1. The zero-order valence-corrected chi connectivity index (χ0v) is 20.0. The van der Waals surface area contributed by atoms with Gasteiger partial charge in [-0.1, -0.05) is 36.1 Å². The molecule has 0 spiro atoms. The maximum atomic E-state index is 12.6. The van der Waals surface area contributed by atoms with Gasteiger partial charge in [0.15, 0.2) is 0 Å². The number of aromatic hydroxyl groups is 1. The Balaban J connectivity index is 1.40. The molecule has 3 N–H and O–H groups in total. The van der Waals surface area contributed by atoms with Crippen molar-refractivity contribution in [3.63, 3.8) is 0 Å². The number of hydrogen-bond donors (Lipinski definition) is 3. The van der Waals surface area contributed by atoms with Crippen LogP contribution in [0.3, 0.4) is 0 Å². The molecule has 186 valence electrons. The van der Waals surface area contributed by atoms with Gasteiger partial charge in [0.1, 0.15) is 6.67 Å². The van der Waals surface area contributed by atoms with E-state index in [2.05, 4.69) is 27.1 Å². The number of carbonyl (C=O) groups excluding carboxylic acids is 1. The molecule has 1 atom stereocenters. The van der Waals surface area contributed by atoms with Crippen molar-refractivity contribution < 1.29 is 14.3 Å². The molecule has 4 rings (SSSR count). The van der Waals surface area contributed by atoms with Gasteiger partial charge >= 0.3 is 0 Å². The highest BCUT2D eigenvalue weighted by Gasteiger charge is 2.20. The van der Waals surface area contributed by atoms with E-state index < -0.39 is 18.0 Å². The monoisotopic (exact) mass is 488 g/mol. The molecule has 0 radical (unpaired) electrons. The van der Waals surface area contributed by atoms with E-state index in [4.69, 9.17) is 0 Å². The van der Waals surface area contributed by atoms with Crippen molar-refractivity contribution in [3.05, 3.63) is 93.2 Å². The van der Waals surface area contributed by atoms with Gasteiger partial charge in [-0.2, -0.15) is 0 Å². The van der Waals surface area contributed by atoms with Crippen LogP contribution in [0.15, 0.2) is 59.7 Å². The fourth-order valence-corrected chi connectivity index (χ4v) is 4.25. The molecule has 8 heteroatoms. The van der Waals surface area contributed by atoms with E-state index >= 15 is 0 Å². The summed E-state index contributed by atoms with van der Waals surface area (Å²) in [5.41, 5.74) is 3.51. The van der Waals surface area contributed by atoms with Gasteiger partial charge < -0.3 is 20.3 Å². The maximum absolute atomic E-state index is 12.6. The van der Waals surface area contributed by atoms with Crippen LogP contribution in [-0.2, 0) is 17.8 Å². The lowest BCUT2D eigenvalue weighted by Gasteiger charge is -2.17. The zero-order valence-electron chi connectivity index (χ0n) is 20.0. The van der Waals surface area contributed by atoms with Gasteiger partial charge in [0.05, 0.1) is 12.0 Å². The van der Waals surface area contributed by atoms with Crippen LogP contribution in [0.2, 0.25) is 0 Å². The Morgan fingerprint density at radius 2 is 1.72 bits per heavy atom. The van der Waals surface area contributed by atoms with E-state index in [1.54, 1.807) is 0 Å². The minimum atomic E-state index is -0.598. The van der Waals surface area contributed by atoms with Crippen LogP contribution in [0, 0.1) is 11.8 Å². The summed E-state index contributed by atoms with van der Waals surface area (Å²) in [5.74, 6) is 5.84. The van der Waals surface area contributed by atoms with Gasteiger partial charge in [-0.05, 0) is 48.2 Å². The second-order valence-electron chi connectivity index (χ2n) is 8.82. The van der Waals surface area contributed by atoms with Gasteiger partial charge in [-0.25, -0.2) is 9.37 Å². The Hall–Kier alpha value is -3.96. The molecule has 1 aliphatic heterocycles. The second kappa shape index (κ2) is 12.1. The lowest BCUT2D eigenvalue weighted by molar-refractivity contribution is -0.128. The van der Waals surface area contributed by atoms with Crippen LogP contribution in [0.5, 0.6) is 5.75 Å². The van der Waals surface area contributed by atoms with Gasteiger partial charge in [-0.3, -0.25) is 9.59 Å². The summed E-state index contributed by atoms with van der Waals surface area (Å²) >= 11 is 0. The fraction of sp³-hybridized carbons (Fsp3) is 0.321. The fourth-order valence-electron chi connectivity index (χ4n) is 4.25. The summed E-state index contributed by atoms with van der Waals surface area (Å²) in [6, 6.07) is 15.7. The van der Waals surface area contributed by atoms with Gasteiger partial charge in [0, 0.05) is 49.6 Å². The summed E-state index contributed by atoms with van der Waals surface area (Å²) in [7, 11) is 0. The lowest BCUT2D eigenvalue weighted by atomic mass is 9.94. The molecule has 1 fully saturated rings. The first kappa shape index (κ1) is 25.1. The number of aromatic nitrogens is 2. The molecule has 1 amide bonds. The smallest absolute Gasteiger partial charge is 0.293 e. The largest absolute Gasteiger partial charge is 0.502 e. The first-order valence-electron chi connectivity index (χ1n) is 12.0. The molecule has 7 nitrogen and oxygen atoms in total. The van der Waals surface area contributed by atoms with Crippen LogP contribution < -0.4 is 10.9 Å². The van der Waals surface area contributed by atoms with Crippen LogP contribution in [-0.4, -0.2) is 52.2 Å². The van der Waals surface area contributed by atoms with Crippen molar-refractivity contribution in [3.8, 4) is 17.6 Å². The number of halogens is 1. The number of aromatic amines is 1. The van der Waals surface area contributed by atoms with Crippen molar-refractivity contribution in [1.29, 1.82) is 0 Å². The van der Waals surface area contributed by atoms with Crippen LogP contribution in [0.4, 0.5) is 4.39 Å². The number of amides is 1. The van der Waals surface area contributed by atoms with Crippen molar-refractivity contribution in [1.82, 2.24) is 20.2 Å². The van der Waals surface area contributed by atoms with Crippen LogP contribution >= 0.6 is 0 Å². The Morgan fingerprint density at radius 3 is 2.33 bits per heavy atom. The molecule has 1 saturated heterocycles. The lowest BCUT2D eigenvalue weighted by Crippen LogP contribution is -2.26. The maximum Gasteiger partial charge on any atom is 0.293 e. The average Bonchev–Trinajstić information content (AvgIpc) is 3.29. The molecule has 1 aliphatic rings. The number of benzene rings is 2. The molecule has 1 unspecified atom stereocenters. The minimum Gasteiger partial charge on any atom is -0.502 e. The standard InChI is InChI=1S/C28H29FN4O3/c29-13-14-30-17-24(26-27(35)28(36)32-19-31-26)16-22-9-5-20(6-10-22)3-4-21-7-11-23(12-8-21)18-33-15-1-2-25(33)34/h5-12,19,24,30,35H,1-2,13-18H2,(H,31,32,36). The Kier molecular flexibility index (Phi) is 8.48. The number of rotatable bonds is 9. The highest BCUT2D eigenvalue weighted by atomic mass is 19.1. The molecule has 1 aromatic heterocycles. The van der Waals surface area contributed by atoms with E-state index in [0.717, 1.165) is 35.2 Å². The summed E-state index contributed by atoms with van der Waals surface area (Å²) in [4.78, 5) is 32.0. The highest BCUT2D eigenvalue weighted by Crippen LogP contribution is 2.23. The molecule has 2 heterocycles. The average molecular weight is 489 g/mol. The third-order valence-electron chi connectivity index (χ3n) is 6.19. The van der Waals surface area contributed by atoms with Crippen molar-refractivity contribution in [2.75, 3.05) is 26.3 Å². The number of likely N-dealkylation sites (tertiary alicyclic amines) is 1. The quantitative estimate of drug-likeness (QED) is 0.318. The predicted molar refractivity (Wildman–Crippen MR) is 135 cm³/mol. The SMILES string of the molecule is O=C1CCCN1Cc1ccc(C#Cc2ccc(CC(CNCCF)c3nc[nH]c(=O)c3O)cc2)cc1. The van der Waals surface area contributed by atoms with E-state index in [9.17, 15) is 19.1 Å². The van der Waals surface area contributed by atoms with Crippen molar-refractivity contribution in [2.45, 2.75) is 31.7 Å². The number of H-pyrrole nitrogens is 1. The first-order chi connectivity index (χ1) is 17.5. The third kappa shape index (κ3) is 6.58. The zero-order chi connectivity index (χ0) is 25.3. The Labute approximate surface area is 209 Å². The van der Waals surface area contributed by atoms with E-state index in [0.29, 0.717) is 25.9 Å². The molecule has 2 aromatic carbocycles. The van der Waals surface area contributed by atoms with Crippen LogP contribution in [0.25, 0.3) is 0 Å². The number of hydrogen-bond acceptors (Lipinski definition) is 5. The van der Waals surface area contributed by atoms with E-state index in [1.165, 1.54) is 6.33 Å². The molecule has 0 bridgehead atoms. The minimum absolute atomic E-state index is 0.187. The normalized spacial score (nSPS) is 13.9. The van der Waals surface area contributed by atoms with Gasteiger partial charge in [0.25, 0.3) is 5.56 Å². The summed E-state index contributed by atoms with van der Waals surface area (Å²) in [6.07, 6.45) is 3.35. The molecular formula is C28H29FN4O3. The van der Waals surface area contributed by atoms with Crippen LogP contribution in [0.1, 0.15) is 46.7 Å². The summed E-state index contributed by atoms with van der Waals surface area (Å²) in [5, 5.41) is 13.2. The molecule has 3 aromatic rings. The number of alkyl halides is 1. The Bertz CT molecular complexity index is 1290. The summed E-state index contributed by atoms with van der Waals surface area (Å²) in [6.45, 7) is 1.52. The van der Waals surface area contributed by atoms with Crippen molar-refractivity contribution in [2.24, 2.45) is 0 Å². The summed E-state index contributed by atoms with van der Waals surface area (Å²) < 4.78 is 12.6. The molecule has 36 heavy (non-hydrogen) atoms. The molecule has 0 aliphatic carbocycles. The topological polar surface area (TPSA) is 98.3 Å². The molecule has 0 saturated carbocycles. The van der Waals surface area contributed by atoms with Gasteiger partial charge in [-0.15, -0.1) is 0 Å². The molecular weight excluding hydrogens is 459 g/mol. The predicted octanol–water partition coefficient (Wildman–Crippen LogP) is 2.88. The van der Waals surface area contributed by atoms with E-state index in [-0.39, 0.29) is 24.1 Å². The Morgan fingerprint density at radius 1 is 1.06 bits per heavy atom.